The van der Waals surface area contributed by atoms with E-state index in [9.17, 15) is 4.79 Å². The highest BCUT2D eigenvalue weighted by atomic mass is 32.2. The second kappa shape index (κ2) is 5.30. The molecule has 1 saturated carbocycles. The van der Waals surface area contributed by atoms with E-state index in [1.807, 2.05) is 0 Å². The van der Waals surface area contributed by atoms with E-state index in [1.165, 1.54) is 43.9 Å². The van der Waals surface area contributed by atoms with Gasteiger partial charge in [0.1, 0.15) is 0 Å². The van der Waals surface area contributed by atoms with Crippen LogP contribution in [0.2, 0.25) is 0 Å². The number of thioether (sulfide) groups is 1. The molecule has 76 valence electrons. The lowest BCUT2D eigenvalue weighted by atomic mass is 9.77. The van der Waals surface area contributed by atoms with Crippen molar-refractivity contribution in [3.05, 3.63) is 0 Å². The molecule has 0 unspecified atom stereocenters. The first-order valence-corrected chi connectivity index (χ1v) is 6.55. The molecule has 0 heterocycles. The Bertz CT molecular complexity index is 174. The number of hydrogen-bond acceptors (Lipinski definition) is 3. The summed E-state index contributed by atoms with van der Waals surface area (Å²) in [6, 6.07) is 0. The van der Waals surface area contributed by atoms with Crippen molar-refractivity contribution in [3.63, 3.8) is 0 Å². The number of hydrogen-bond donors (Lipinski definition) is 1. The largest absolute Gasteiger partial charge is 0.288 e. The van der Waals surface area contributed by atoms with Crippen molar-refractivity contribution in [2.24, 2.45) is 5.41 Å². The highest BCUT2D eigenvalue weighted by Gasteiger charge is 2.30. The summed E-state index contributed by atoms with van der Waals surface area (Å²) in [5, 5.41) is 0.242. The highest BCUT2D eigenvalue weighted by Crippen LogP contribution is 2.39. The Balaban J connectivity index is 2.42. The molecule has 1 nitrogen and oxygen atoms in total. The fourth-order valence-electron chi connectivity index (χ4n) is 1.90. The van der Waals surface area contributed by atoms with Crippen LogP contribution in [-0.4, -0.2) is 16.6 Å². The Morgan fingerprint density at radius 3 is 2.46 bits per heavy atom. The number of thiol groups is 1. The van der Waals surface area contributed by atoms with Crippen LogP contribution in [0.4, 0.5) is 0 Å². The second-order valence-corrected chi connectivity index (χ2v) is 5.47. The maximum Gasteiger partial charge on any atom is 0.185 e. The van der Waals surface area contributed by atoms with Crippen molar-refractivity contribution in [1.82, 2.24) is 0 Å². The first-order valence-electron chi connectivity index (χ1n) is 4.93. The average molecular weight is 218 g/mol. The van der Waals surface area contributed by atoms with Gasteiger partial charge < -0.3 is 0 Å². The first-order chi connectivity index (χ1) is 6.18. The van der Waals surface area contributed by atoms with Gasteiger partial charge in [0.15, 0.2) is 5.12 Å². The zero-order chi connectivity index (χ0) is 9.73. The molecule has 1 aliphatic carbocycles. The van der Waals surface area contributed by atoms with E-state index in [1.54, 1.807) is 6.92 Å². The predicted octanol–water partition coefficient (Wildman–Crippen LogP) is 3.15. The van der Waals surface area contributed by atoms with Gasteiger partial charge in [-0.15, -0.1) is 0 Å². The third-order valence-corrected chi connectivity index (χ3v) is 4.67. The van der Waals surface area contributed by atoms with Crippen LogP contribution in [0, 0.1) is 5.41 Å². The molecule has 0 aromatic rings. The molecule has 0 bridgehead atoms. The summed E-state index contributed by atoms with van der Waals surface area (Å²) in [4.78, 5) is 10.9. The summed E-state index contributed by atoms with van der Waals surface area (Å²) in [6.45, 7) is 1.65. The fraction of sp³-hybridized carbons (Fsp3) is 0.900. The van der Waals surface area contributed by atoms with Gasteiger partial charge in [-0.3, -0.25) is 4.79 Å². The number of carbonyl (C=O) groups excluding carboxylic acids is 1. The lowest BCUT2D eigenvalue weighted by Crippen LogP contribution is -2.29. The van der Waals surface area contributed by atoms with Crippen LogP contribution in [0.25, 0.3) is 0 Å². The van der Waals surface area contributed by atoms with Gasteiger partial charge in [-0.1, -0.05) is 31.0 Å². The SMILES string of the molecule is CC(=O)SCC1(CS)CCCCC1. The van der Waals surface area contributed by atoms with Gasteiger partial charge >= 0.3 is 0 Å². The summed E-state index contributed by atoms with van der Waals surface area (Å²) < 4.78 is 0. The minimum atomic E-state index is 0.242. The van der Waals surface area contributed by atoms with Gasteiger partial charge in [-0.2, -0.15) is 12.6 Å². The van der Waals surface area contributed by atoms with Crippen LogP contribution in [0.15, 0.2) is 0 Å². The summed E-state index contributed by atoms with van der Waals surface area (Å²) in [6.07, 6.45) is 6.52. The zero-order valence-corrected chi connectivity index (χ0v) is 9.92. The van der Waals surface area contributed by atoms with Crippen molar-refractivity contribution in [2.75, 3.05) is 11.5 Å². The Labute approximate surface area is 90.5 Å². The number of carbonyl (C=O) groups is 1. The second-order valence-electron chi connectivity index (χ2n) is 4.00. The molecule has 0 spiro atoms. The van der Waals surface area contributed by atoms with Gasteiger partial charge in [0, 0.05) is 12.7 Å². The highest BCUT2D eigenvalue weighted by molar-refractivity contribution is 8.13. The third-order valence-electron chi connectivity index (χ3n) is 2.83. The van der Waals surface area contributed by atoms with E-state index in [4.69, 9.17) is 0 Å². The van der Waals surface area contributed by atoms with E-state index >= 15 is 0 Å². The molecule has 1 aliphatic rings. The third kappa shape index (κ3) is 3.55. The van der Waals surface area contributed by atoms with Crippen molar-refractivity contribution in [1.29, 1.82) is 0 Å². The van der Waals surface area contributed by atoms with Gasteiger partial charge in [0.25, 0.3) is 0 Å². The standard InChI is InChI=1S/C10H18OS2/c1-9(11)13-8-10(7-12)5-3-2-4-6-10/h12H,2-8H2,1H3. The van der Waals surface area contributed by atoms with Crippen LogP contribution in [-0.2, 0) is 4.79 Å². The minimum Gasteiger partial charge on any atom is -0.288 e. The normalized spacial score (nSPS) is 21.4. The molecule has 0 amide bonds. The molecule has 13 heavy (non-hydrogen) atoms. The lowest BCUT2D eigenvalue weighted by molar-refractivity contribution is -0.109. The minimum absolute atomic E-state index is 0.242. The van der Waals surface area contributed by atoms with Crippen molar-refractivity contribution in [2.45, 2.75) is 39.0 Å². The lowest BCUT2D eigenvalue weighted by Gasteiger charge is -2.35. The Hall–Kier alpha value is 0.370. The predicted molar refractivity (Wildman–Crippen MR) is 62.5 cm³/mol. The van der Waals surface area contributed by atoms with E-state index in [-0.39, 0.29) is 5.12 Å². The molecule has 0 atom stereocenters. The Morgan fingerprint density at radius 2 is 2.00 bits per heavy atom. The molecule has 3 heteroatoms. The molecular formula is C10H18OS2. The maximum absolute atomic E-state index is 10.9. The van der Waals surface area contributed by atoms with Crippen LogP contribution in [0.5, 0.6) is 0 Å². The molecule has 0 aliphatic heterocycles. The summed E-state index contributed by atoms with van der Waals surface area (Å²) >= 11 is 5.90. The topological polar surface area (TPSA) is 17.1 Å². The average Bonchev–Trinajstić information content (AvgIpc) is 2.16. The summed E-state index contributed by atoms with van der Waals surface area (Å²) in [5.74, 6) is 1.92. The van der Waals surface area contributed by atoms with E-state index in [2.05, 4.69) is 12.6 Å². The number of rotatable bonds is 3. The molecule has 0 aromatic heterocycles. The van der Waals surface area contributed by atoms with Crippen LogP contribution in [0.3, 0.4) is 0 Å². The quantitative estimate of drug-likeness (QED) is 0.733. The molecule has 1 rings (SSSR count). The van der Waals surface area contributed by atoms with E-state index in [0.29, 0.717) is 5.41 Å². The van der Waals surface area contributed by atoms with E-state index in [0.717, 1.165) is 11.5 Å². The Kier molecular flexibility index (Phi) is 4.67. The van der Waals surface area contributed by atoms with Crippen LogP contribution < -0.4 is 0 Å². The van der Waals surface area contributed by atoms with Crippen LogP contribution >= 0.6 is 24.4 Å². The van der Waals surface area contributed by atoms with Crippen molar-refractivity contribution in [3.8, 4) is 0 Å². The van der Waals surface area contributed by atoms with Gasteiger partial charge in [-0.05, 0) is 24.0 Å². The van der Waals surface area contributed by atoms with Gasteiger partial charge in [0.05, 0.1) is 0 Å². The summed E-state index contributed by atoms with van der Waals surface area (Å²) in [5.41, 5.74) is 0.359. The molecule has 0 N–H and O–H groups in total. The van der Waals surface area contributed by atoms with Crippen molar-refractivity contribution >= 4 is 29.5 Å². The van der Waals surface area contributed by atoms with Gasteiger partial charge in [-0.25, -0.2) is 0 Å². The molecular weight excluding hydrogens is 200 g/mol. The monoisotopic (exact) mass is 218 g/mol. The van der Waals surface area contributed by atoms with E-state index < -0.39 is 0 Å². The summed E-state index contributed by atoms with van der Waals surface area (Å²) in [7, 11) is 0. The zero-order valence-electron chi connectivity index (χ0n) is 8.21. The molecule has 0 radical (unpaired) electrons. The fourth-order valence-corrected chi connectivity index (χ4v) is 3.38. The maximum atomic E-state index is 10.9. The Morgan fingerprint density at radius 1 is 1.38 bits per heavy atom. The molecule has 0 saturated heterocycles. The van der Waals surface area contributed by atoms with Crippen LogP contribution in [0.1, 0.15) is 39.0 Å². The molecule has 0 aromatic carbocycles. The smallest absolute Gasteiger partial charge is 0.185 e. The molecule has 1 fully saturated rings. The first kappa shape index (κ1) is 11.4. The van der Waals surface area contributed by atoms with Gasteiger partial charge in [0.2, 0.25) is 0 Å². The van der Waals surface area contributed by atoms with Crippen molar-refractivity contribution < 1.29 is 4.79 Å².